The van der Waals surface area contributed by atoms with Gasteiger partial charge in [0, 0.05) is 39.7 Å². The maximum Gasteiger partial charge on any atom is 0.303 e. The molecule has 0 radical (unpaired) electrons. The van der Waals surface area contributed by atoms with E-state index in [1.165, 1.54) is 6.92 Å². The molecule has 0 aliphatic carbocycles. The van der Waals surface area contributed by atoms with Gasteiger partial charge in [0.15, 0.2) is 12.2 Å². The van der Waals surface area contributed by atoms with Gasteiger partial charge < -0.3 is 37.6 Å². The minimum absolute atomic E-state index is 0.0367. The van der Waals surface area contributed by atoms with Crippen molar-refractivity contribution in [1.82, 2.24) is 0 Å². The van der Waals surface area contributed by atoms with Gasteiger partial charge in [-0.3, -0.25) is 23.4 Å². The van der Waals surface area contributed by atoms with Crippen molar-refractivity contribution in [2.75, 3.05) is 26.1 Å². The summed E-state index contributed by atoms with van der Waals surface area (Å²) in [5, 5.41) is 0.622. The van der Waals surface area contributed by atoms with Crippen molar-refractivity contribution in [2.24, 2.45) is 0 Å². The Morgan fingerprint density at radius 2 is 1.44 bits per heavy atom. The Hall–Kier alpha value is -4.67. The Morgan fingerprint density at radius 1 is 0.780 bits per heavy atom. The molecule has 0 saturated carbocycles. The van der Waals surface area contributed by atoms with Crippen molar-refractivity contribution < 1.29 is 69.4 Å². The molecular formula is C34H40O15S. The van der Waals surface area contributed by atoms with E-state index in [1.807, 2.05) is 24.3 Å². The van der Waals surface area contributed by atoms with E-state index in [4.69, 9.17) is 41.8 Å². The smallest absolute Gasteiger partial charge is 0.303 e. The molecule has 0 bridgehead atoms. The number of carbonyl (C=O) groups is 4. The van der Waals surface area contributed by atoms with Crippen LogP contribution in [0.25, 0.3) is 11.0 Å². The van der Waals surface area contributed by atoms with Crippen LogP contribution in [0.4, 0.5) is 0 Å². The fourth-order valence-corrected chi connectivity index (χ4v) is 5.72. The van der Waals surface area contributed by atoms with E-state index in [2.05, 4.69) is 0 Å². The molecule has 1 fully saturated rings. The zero-order chi connectivity index (χ0) is 36.4. The van der Waals surface area contributed by atoms with Gasteiger partial charge >= 0.3 is 23.9 Å². The summed E-state index contributed by atoms with van der Waals surface area (Å²) >= 11 is 0. The molecule has 1 aliphatic heterocycles. The van der Waals surface area contributed by atoms with Gasteiger partial charge in [-0.05, 0) is 42.7 Å². The second-order valence-corrected chi connectivity index (χ2v) is 13.1. The van der Waals surface area contributed by atoms with E-state index in [9.17, 15) is 27.6 Å². The van der Waals surface area contributed by atoms with Crippen LogP contribution in [0, 0.1) is 0 Å². The topological polar surface area (TPSA) is 189 Å². The molecule has 50 heavy (non-hydrogen) atoms. The molecule has 0 N–H and O–H groups in total. The van der Waals surface area contributed by atoms with E-state index in [0.29, 0.717) is 41.7 Å². The predicted octanol–water partition coefficient (Wildman–Crippen LogP) is 3.43. The molecule has 1 aliphatic rings. The monoisotopic (exact) mass is 720 g/mol. The molecule has 5 atom stereocenters. The standard InChI is InChI=1S/C34H40O15S/c1-20(35)42-19-29-31(45-21(2)36)32(46-22(3)37)33(47-23(4)38)34(49-29)48-28-9-6-8-27-30(28)25(18-43-27)13-10-24-11-14-26(15-12-24)41-16-7-17-44-50(5,39)40/h6,8-9,11-12,14-15,18,29,31-34H,7,10,13,16-17,19H2,1-5H3/t29-,31-,32+,33-,34-/m1/s1. The Morgan fingerprint density at radius 3 is 2.08 bits per heavy atom. The number of hydrogen-bond acceptors (Lipinski definition) is 15. The quantitative estimate of drug-likeness (QED) is 0.0905. The summed E-state index contributed by atoms with van der Waals surface area (Å²) in [5.74, 6) is -1.95. The molecule has 4 rings (SSSR count). The van der Waals surface area contributed by atoms with Gasteiger partial charge in [0.25, 0.3) is 10.1 Å². The average Bonchev–Trinajstić information content (AvgIpc) is 3.45. The van der Waals surface area contributed by atoms with E-state index < -0.39 is 64.7 Å². The van der Waals surface area contributed by atoms with Crippen molar-refractivity contribution in [3.8, 4) is 11.5 Å². The highest BCUT2D eigenvalue weighted by atomic mass is 32.2. The number of rotatable bonds is 16. The lowest BCUT2D eigenvalue weighted by atomic mass is 9.98. The molecule has 3 aromatic rings. The van der Waals surface area contributed by atoms with Gasteiger partial charge in [0.1, 0.15) is 29.8 Å². The van der Waals surface area contributed by atoms with Crippen molar-refractivity contribution >= 4 is 45.0 Å². The third-order valence-corrected chi connectivity index (χ3v) is 7.88. The normalized spacial score (nSPS) is 20.5. The average molecular weight is 721 g/mol. The van der Waals surface area contributed by atoms with Gasteiger partial charge in [-0.1, -0.05) is 18.2 Å². The van der Waals surface area contributed by atoms with Crippen LogP contribution < -0.4 is 9.47 Å². The maximum absolute atomic E-state index is 12.2. The van der Waals surface area contributed by atoms with E-state index in [-0.39, 0.29) is 19.8 Å². The lowest BCUT2D eigenvalue weighted by Crippen LogP contribution is -2.63. The van der Waals surface area contributed by atoms with Crippen LogP contribution in [0.5, 0.6) is 11.5 Å². The van der Waals surface area contributed by atoms with Gasteiger partial charge in [-0.15, -0.1) is 0 Å². The van der Waals surface area contributed by atoms with Crippen LogP contribution in [0.15, 0.2) is 53.1 Å². The molecule has 272 valence electrons. The number of carbonyl (C=O) groups excluding carboxylic acids is 4. The fraction of sp³-hybridized carbons (Fsp3) is 0.471. The second-order valence-electron chi connectivity index (χ2n) is 11.4. The third kappa shape index (κ3) is 11.2. The van der Waals surface area contributed by atoms with Crippen LogP contribution in [-0.4, -0.2) is 89.1 Å². The van der Waals surface area contributed by atoms with Gasteiger partial charge in [0.05, 0.1) is 31.1 Å². The molecule has 0 spiro atoms. The van der Waals surface area contributed by atoms with Crippen LogP contribution >= 0.6 is 0 Å². The van der Waals surface area contributed by atoms with E-state index in [0.717, 1.165) is 38.2 Å². The molecule has 2 aromatic carbocycles. The Bertz CT molecular complexity index is 1750. The summed E-state index contributed by atoms with van der Waals surface area (Å²) in [6.07, 6.45) is -2.50. The molecule has 0 amide bonds. The number of aryl methyl sites for hydroxylation is 2. The highest BCUT2D eigenvalue weighted by molar-refractivity contribution is 7.85. The summed E-state index contributed by atoms with van der Waals surface area (Å²) in [4.78, 5) is 48.2. The van der Waals surface area contributed by atoms with Crippen LogP contribution in [0.3, 0.4) is 0 Å². The first-order valence-corrected chi connectivity index (χ1v) is 17.5. The first-order valence-electron chi connectivity index (χ1n) is 15.7. The van der Waals surface area contributed by atoms with Gasteiger partial charge in [-0.25, -0.2) is 0 Å². The molecule has 16 heteroatoms. The zero-order valence-corrected chi connectivity index (χ0v) is 29.1. The van der Waals surface area contributed by atoms with Crippen LogP contribution in [0.1, 0.15) is 45.2 Å². The summed E-state index contributed by atoms with van der Waals surface area (Å²) < 4.78 is 72.4. The molecule has 0 unspecified atom stereocenters. The molecular weight excluding hydrogens is 680 g/mol. The van der Waals surface area contributed by atoms with Crippen molar-refractivity contribution in [3.05, 3.63) is 59.9 Å². The van der Waals surface area contributed by atoms with E-state index in [1.54, 1.807) is 24.5 Å². The zero-order valence-electron chi connectivity index (χ0n) is 28.3. The number of benzene rings is 2. The molecule has 2 heterocycles. The number of furan rings is 1. The Labute approximate surface area is 289 Å². The summed E-state index contributed by atoms with van der Waals surface area (Å²) in [5.41, 5.74) is 2.31. The molecule has 1 saturated heterocycles. The summed E-state index contributed by atoms with van der Waals surface area (Å²) in [6, 6.07) is 12.6. The van der Waals surface area contributed by atoms with E-state index >= 15 is 0 Å². The minimum atomic E-state index is -3.49. The summed E-state index contributed by atoms with van der Waals surface area (Å²) in [7, 11) is -3.49. The van der Waals surface area contributed by atoms with Crippen molar-refractivity contribution in [3.63, 3.8) is 0 Å². The largest absolute Gasteiger partial charge is 0.494 e. The van der Waals surface area contributed by atoms with Crippen LogP contribution in [0.2, 0.25) is 0 Å². The fourth-order valence-electron chi connectivity index (χ4n) is 5.30. The second kappa shape index (κ2) is 17.3. The molecule has 15 nitrogen and oxygen atoms in total. The van der Waals surface area contributed by atoms with Crippen LogP contribution in [-0.2, 0) is 70.0 Å². The number of esters is 4. The predicted molar refractivity (Wildman–Crippen MR) is 174 cm³/mol. The van der Waals surface area contributed by atoms with Gasteiger partial charge in [-0.2, -0.15) is 8.42 Å². The molecule has 1 aromatic heterocycles. The SMILES string of the molecule is CC(=O)OC[C@H]1O[C@@H](Oc2cccc3occ(CCc4ccc(OCCCOS(C)(=O)=O)cc4)c23)[C@H](OC(C)=O)[C@@H](OC(C)=O)[C@@H]1OC(C)=O. The first-order chi connectivity index (χ1) is 23.7. The number of hydrogen-bond donors (Lipinski definition) is 0. The maximum atomic E-state index is 12.2. The lowest BCUT2D eigenvalue weighted by molar-refractivity contribution is -0.288. The first kappa shape index (κ1) is 38.1. The Kier molecular flexibility index (Phi) is 13.2. The van der Waals surface area contributed by atoms with Crippen molar-refractivity contribution in [1.29, 1.82) is 0 Å². The van der Waals surface area contributed by atoms with Gasteiger partial charge in [0.2, 0.25) is 12.4 Å². The highest BCUT2D eigenvalue weighted by Gasteiger charge is 2.53. The Balaban J connectivity index is 1.54. The highest BCUT2D eigenvalue weighted by Crippen LogP contribution is 2.36. The minimum Gasteiger partial charge on any atom is -0.494 e. The third-order valence-electron chi connectivity index (χ3n) is 7.29. The number of ether oxygens (including phenoxy) is 7. The number of fused-ring (bicyclic) bond motifs is 1. The summed E-state index contributed by atoms with van der Waals surface area (Å²) in [6.45, 7) is 4.56. The van der Waals surface area contributed by atoms with Crippen molar-refractivity contribution in [2.45, 2.75) is 77.7 Å². The lowest BCUT2D eigenvalue weighted by Gasteiger charge is -2.44.